The highest BCUT2D eigenvalue weighted by molar-refractivity contribution is 6.01. The average molecular weight is 631 g/mol. The second kappa shape index (κ2) is 16.0. The van der Waals surface area contributed by atoms with Crippen molar-refractivity contribution in [1.29, 1.82) is 0 Å². The van der Waals surface area contributed by atoms with Gasteiger partial charge in [-0.3, -0.25) is 4.79 Å². The number of rotatable bonds is 15. The molecule has 47 heavy (non-hydrogen) atoms. The first-order valence-electron chi connectivity index (χ1n) is 15.2. The lowest BCUT2D eigenvalue weighted by Gasteiger charge is -2.32. The van der Waals surface area contributed by atoms with Crippen LogP contribution < -0.4 is 10.1 Å². The van der Waals surface area contributed by atoms with Gasteiger partial charge in [0.1, 0.15) is 5.75 Å². The Morgan fingerprint density at radius 3 is 2.40 bits per heavy atom. The molecule has 0 aromatic heterocycles. The molecule has 238 valence electrons. The van der Waals surface area contributed by atoms with Crippen molar-refractivity contribution in [2.24, 2.45) is 15.2 Å². The van der Waals surface area contributed by atoms with E-state index >= 15 is 0 Å². The van der Waals surface area contributed by atoms with Crippen LogP contribution in [0, 0.1) is 0 Å². The highest BCUT2D eigenvalue weighted by Gasteiger charge is 2.54. The molecule has 4 aromatic rings. The van der Waals surface area contributed by atoms with Crippen molar-refractivity contribution in [3.8, 4) is 5.75 Å². The number of hydrogen-bond acceptors (Lipinski definition) is 7. The zero-order valence-corrected chi connectivity index (χ0v) is 25.6. The van der Waals surface area contributed by atoms with E-state index in [9.17, 15) is 10.3 Å². The summed E-state index contributed by atoms with van der Waals surface area (Å²) in [4.78, 5) is 25.6. The Kier molecular flexibility index (Phi) is 11.1. The van der Waals surface area contributed by atoms with Crippen molar-refractivity contribution in [2.75, 3.05) is 19.8 Å². The number of carbonyl (C=O) groups excluding carboxylic acids is 1. The third-order valence-corrected chi connectivity index (χ3v) is 7.82. The van der Waals surface area contributed by atoms with Gasteiger partial charge in [0.15, 0.2) is 11.6 Å². The van der Waals surface area contributed by atoms with Gasteiger partial charge in [-0.05, 0) is 64.0 Å². The molecule has 5 rings (SSSR count). The molecule has 0 bridgehead atoms. The molecule has 2 N–H and O–H groups in total. The SMILES string of the molecule is [N-]=[N+]=NCc1ccccc1[C@H]1OC(c2ccc(OCCCO)cc2)=N[C@@]1(Cc1ccccc1N=[N+]=[N-])C(=O)NCCc1ccccc1. The van der Waals surface area contributed by atoms with Crippen LogP contribution in [0.1, 0.15) is 40.3 Å². The lowest BCUT2D eigenvalue weighted by molar-refractivity contribution is -0.128. The van der Waals surface area contributed by atoms with Crippen LogP contribution in [0.3, 0.4) is 0 Å². The minimum Gasteiger partial charge on any atom is -0.494 e. The average Bonchev–Trinajstić information content (AvgIpc) is 3.49. The van der Waals surface area contributed by atoms with E-state index < -0.39 is 11.6 Å². The Hall–Kier alpha value is -5.80. The number of nitrogens with one attached hydrogen (secondary N) is 1. The van der Waals surface area contributed by atoms with E-state index in [2.05, 4.69) is 25.4 Å². The highest BCUT2D eigenvalue weighted by Crippen LogP contribution is 2.44. The minimum absolute atomic E-state index is 0.0313. The van der Waals surface area contributed by atoms with Gasteiger partial charge < -0.3 is 19.9 Å². The maximum atomic E-state index is 14.6. The fraction of sp³-hybridized carbons (Fsp3) is 0.257. The Morgan fingerprint density at radius 2 is 1.66 bits per heavy atom. The number of amides is 1. The number of aliphatic imine (C=N–C) groups is 1. The molecule has 0 spiro atoms. The van der Waals surface area contributed by atoms with Gasteiger partial charge >= 0.3 is 0 Å². The van der Waals surface area contributed by atoms with Crippen LogP contribution in [0.2, 0.25) is 0 Å². The molecule has 1 heterocycles. The molecule has 1 aliphatic rings. The van der Waals surface area contributed by atoms with Crippen LogP contribution in [-0.2, 0) is 28.9 Å². The van der Waals surface area contributed by atoms with Gasteiger partial charge in [0.2, 0.25) is 5.90 Å². The Balaban J connectivity index is 1.61. The topological polar surface area (TPSA) is 178 Å². The zero-order valence-electron chi connectivity index (χ0n) is 25.6. The van der Waals surface area contributed by atoms with Gasteiger partial charge in [-0.1, -0.05) is 89.1 Å². The molecule has 2 atom stereocenters. The first-order chi connectivity index (χ1) is 23.1. The summed E-state index contributed by atoms with van der Waals surface area (Å²) in [5, 5.41) is 19.9. The van der Waals surface area contributed by atoms with Gasteiger partial charge in [0.05, 0.1) is 13.2 Å². The number of azide groups is 2. The summed E-state index contributed by atoms with van der Waals surface area (Å²) >= 11 is 0. The van der Waals surface area contributed by atoms with Crippen LogP contribution in [-0.4, -0.2) is 42.2 Å². The van der Waals surface area contributed by atoms with E-state index in [4.69, 9.17) is 25.1 Å². The Labute approximate surface area is 272 Å². The summed E-state index contributed by atoms with van der Waals surface area (Å²) in [6.07, 6.45) is 0.226. The summed E-state index contributed by atoms with van der Waals surface area (Å²) in [6, 6.07) is 31.4. The fourth-order valence-electron chi connectivity index (χ4n) is 5.52. The lowest BCUT2D eigenvalue weighted by atomic mass is 9.80. The lowest BCUT2D eigenvalue weighted by Crippen LogP contribution is -2.50. The number of nitrogens with zero attached hydrogens (tertiary/aromatic N) is 7. The third-order valence-electron chi connectivity index (χ3n) is 7.82. The molecule has 0 radical (unpaired) electrons. The second-order valence-electron chi connectivity index (χ2n) is 10.9. The predicted molar refractivity (Wildman–Crippen MR) is 178 cm³/mol. The number of ether oxygens (including phenoxy) is 2. The normalized spacial score (nSPS) is 16.6. The smallest absolute Gasteiger partial charge is 0.252 e. The Bertz CT molecular complexity index is 1800. The largest absolute Gasteiger partial charge is 0.494 e. The van der Waals surface area contributed by atoms with Crippen LogP contribution in [0.25, 0.3) is 20.9 Å². The molecule has 4 aromatic carbocycles. The molecule has 12 nitrogen and oxygen atoms in total. The number of carbonyl (C=O) groups is 1. The number of aliphatic hydroxyl groups is 1. The molecule has 0 fully saturated rings. The van der Waals surface area contributed by atoms with E-state index in [1.165, 1.54) is 0 Å². The second-order valence-corrected chi connectivity index (χ2v) is 10.9. The van der Waals surface area contributed by atoms with Gasteiger partial charge in [-0.25, -0.2) is 4.99 Å². The van der Waals surface area contributed by atoms with Crippen molar-refractivity contribution >= 4 is 17.5 Å². The molecule has 12 heteroatoms. The van der Waals surface area contributed by atoms with E-state index in [0.717, 1.165) is 5.56 Å². The molecule has 0 saturated carbocycles. The third kappa shape index (κ3) is 7.89. The first kappa shape index (κ1) is 32.6. The molecule has 0 unspecified atom stereocenters. The van der Waals surface area contributed by atoms with E-state index in [0.29, 0.717) is 59.7 Å². The molecule has 1 amide bonds. The maximum Gasteiger partial charge on any atom is 0.252 e. The van der Waals surface area contributed by atoms with Gasteiger partial charge in [0.25, 0.3) is 5.91 Å². The van der Waals surface area contributed by atoms with Crippen molar-refractivity contribution in [2.45, 2.75) is 37.5 Å². The summed E-state index contributed by atoms with van der Waals surface area (Å²) < 4.78 is 12.3. The first-order valence-corrected chi connectivity index (χ1v) is 15.2. The predicted octanol–water partition coefficient (Wildman–Crippen LogP) is 7.06. The quantitative estimate of drug-likeness (QED) is 0.0618. The van der Waals surface area contributed by atoms with Gasteiger partial charge in [0, 0.05) is 47.1 Å². The molecular weight excluding hydrogens is 596 g/mol. The van der Waals surface area contributed by atoms with Gasteiger partial charge in [-0.15, -0.1) is 0 Å². The van der Waals surface area contributed by atoms with Crippen molar-refractivity contribution in [3.05, 3.63) is 152 Å². The standard InChI is InChI=1S/C35H34N8O4/c36-42-39-24-28-12-4-6-13-30(28)32-35(23-27-11-5-7-14-31(27)41-43-37,34(45)38-20-19-25-9-2-1-3-10-25)40-33(47-32)26-15-17-29(18-16-26)46-22-8-21-44/h1-7,9-18,32,44H,8,19-24H2,(H,38,45)/t32-,35-/m1/s1. The molecule has 0 saturated heterocycles. The maximum absolute atomic E-state index is 14.6. The van der Waals surface area contributed by atoms with Crippen molar-refractivity contribution in [3.63, 3.8) is 0 Å². The Morgan fingerprint density at radius 1 is 0.936 bits per heavy atom. The number of hydrogen-bond donors (Lipinski definition) is 2. The number of benzene rings is 4. The van der Waals surface area contributed by atoms with Crippen molar-refractivity contribution < 1.29 is 19.4 Å². The van der Waals surface area contributed by atoms with E-state index in [1.54, 1.807) is 42.5 Å². The monoisotopic (exact) mass is 630 g/mol. The minimum atomic E-state index is -1.55. The molecule has 1 aliphatic heterocycles. The summed E-state index contributed by atoms with van der Waals surface area (Å²) in [7, 11) is 0. The highest BCUT2D eigenvalue weighted by atomic mass is 16.5. The van der Waals surface area contributed by atoms with Crippen LogP contribution in [0.4, 0.5) is 5.69 Å². The van der Waals surface area contributed by atoms with Gasteiger partial charge in [-0.2, -0.15) is 0 Å². The van der Waals surface area contributed by atoms with Crippen LogP contribution >= 0.6 is 0 Å². The van der Waals surface area contributed by atoms with Crippen LogP contribution in [0.15, 0.2) is 118 Å². The summed E-state index contributed by atoms with van der Waals surface area (Å²) in [5.74, 6) is 0.493. The molecular formula is C35H34N8O4. The van der Waals surface area contributed by atoms with E-state index in [-0.39, 0.29) is 31.4 Å². The number of aliphatic hydroxyl groups excluding tert-OH is 1. The summed E-state index contributed by atoms with van der Waals surface area (Å²) in [5.41, 5.74) is 20.9. The van der Waals surface area contributed by atoms with E-state index in [1.807, 2.05) is 60.7 Å². The summed E-state index contributed by atoms with van der Waals surface area (Å²) in [6.45, 7) is 0.793. The fourth-order valence-corrected chi connectivity index (χ4v) is 5.52. The van der Waals surface area contributed by atoms with Crippen molar-refractivity contribution in [1.82, 2.24) is 5.32 Å². The van der Waals surface area contributed by atoms with Crippen LogP contribution in [0.5, 0.6) is 5.75 Å². The zero-order chi connectivity index (χ0) is 32.9. The molecule has 0 aliphatic carbocycles.